The first-order chi connectivity index (χ1) is 12.6. The van der Waals surface area contributed by atoms with Gasteiger partial charge in [-0.25, -0.2) is 10.4 Å². The molecule has 0 atom stereocenters. The highest BCUT2D eigenvalue weighted by molar-refractivity contribution is 7.22. The Hall–Kier alpha value is -2.84. The summed E-state index contributed by atoms with van der Waals surface area (Å²) in [5.74, 6) is -0.240. The van der Waals surface area contributed by atoms with Crippen molar-refractivity contribution in [3.05, 3.63) is 47.0 Å². The first kappa shape index (κ1) is 18.0. The van der Waals surface area contributed by atoms with Crippen LogP contribution in [0, 0.1) is 0 Å². The lowest BCUT2D eigenvalue weighted by Gasteiger charge is -2.06. The molecule has 9 heteroatoms. The molecular weight excluding hydrogens is 376 g/mol. The molecule has 3 aromatic rings. The Morgan fingerprint density at radius 1 is 1.42 bits per heavy atom. The van der Waals surface area contributed by atoms with Gasteiger partial charge < -0.3 is 15.2 Å². The van der Waals surface area contributed by atoms with Crippen LogP contribution in [0.1, 0.15) is 5.56 Å². The number of para-hydroxylation sites is 1. The molecule has 1 aromatic heterocycles. The second-order valence-corrected chi connectivity index (χ2v) is 6.62. The van der Waals surface area contributed by atoms with E-state index in [1.54, 1.807) is 6.07 Å². The highest BCUT2D eigenvalue weighted by Crippen LogP contribution is 2.34. The molecule has 0 spiro atoms. The summed E-state index contributed by atoms with van der Waals surface area (Å²) in [6.45, 7) is 0.0385. The molecule has 7 nitrogen and oxygen atoms in total. The van der Waals surface area contributed by atoms with E-state index >= 15 is 0 Å². The number of carbonyl (C=O) groups is 1. The maximum Gasteiger partial charge on any atom is 0.259 e. The maximum atomic E-state index is 11.9. The molecular formula is C17H15ClN4O3S. The highest BCUT2D eigenvalue weighted by Gasteiger charge is 2.08. The Labute approximate surface area is 158 Å². The predicted molar refractivity (Wildman–Crippen MR) is 104 cm³/mol. The van der Waals surface area contributed by atoms with Crippen LogP contribution in [0.5, 0.6) is 11.5 Å². The van der Waals surface area contributed by atoms with E-state index in [4.69, 9.17) is 16.3 Å². The van der Waals surface area contributed by atoms with Crippen molar-refractivity contribution >= 4 is 50.4 Å². The van der Waals surface area contributed by atoms with E-state index in [1.807, 2.05) is 24.3 Å². The zero-order valence-electron chi connectivity index (χ0n) is 13.7. The smallest absolute Gasteiger partial charge is 0.259 e. The lowest BCUT2D eigenvalue weighted by molar-refractivity contribution is -0.119. The summed E-state index contributed by atoms with van der Waals surface area (Å²) in [7, 11) is 1.42. The van der Waals surface area contributed by atoms with Gasteiger partial charge in [0.2, 0.25) is 0 Å². The highest BCUT2D eigenvalue weighted by atomic mass is 35.5. The number of ether oxygens (including phenoxy) is 1. The number of hydrogen-bond acceptors (Lipinski definition) is 7. The lowest BCUT2D eigenvalue weighted by Crippen LogP contribution is -2.25. The zero-order valence-corrected chi connectivity index (χ0v) is 15.3. The van der Waals surface area contributed by atoms with Crippen molar-refractivity contribution in [2.75, 3.05) is 19.0 Å². The van der Waals surface area contributed by atoms with Crippen molar-refractivity contribution in [1.82, 2.24) is 10.4 Å². The molecule has 0 saturated heterocycles. The Balaban J connectivity index is 1.55. The van der Waals surface area contributed by atoms with E-state index in [-0.39, 0.29) is 29.0 Å². The number of halogens is 1. The van der Waals surface area contributed by atoms with Crippen LogP contribution in [-0.4, -0.2) is 35.9 Å². The minimum atomic E-state index is -0.322. The van der Waals surface area contributed by atoms with Crippen LogP contribution in [0.4, 0.5) is 5.13 Å². The number of anilines is 1. The second kappa shape index (κ2) is 8.03. The molecule has 0 fully saturated rings. The number of fused-ring (bicyclic) bond motifs is 1. The molecule has 134 valence electrons. The molecule has 0 aliphatic heterocycles. The summed E-state index contributed by atoms with van der Waals surface area (Å²) in [6, 6.07) is 10.8. The summed E-state index contributed by atoms with van der Waals surface area (Å²) in [5, 5.41) is 17.3. The van der Waals surface area contributed by atoms with Gasteiger partial charge in [-0.2, -0.15) is 5.10 Å². The number of benzene rings is 2. The number of hydrogen-bond donors (Lipinski definition) is 3. The van der Waals surface area contributed by atoms with Crippen molar-refractivity contribution in [2.24, 2.45) is 5.10 Å². The van der Waals surface area contributed by atoms with Gasteiger partial charge in [-0.15, -0.1) is 0 Å². The van der Waals surface area contributed by atoms with Gasteiger partial charge in [0.25, 0.3) is 5.91 Å². The fourth-order valence-corrected chi connectivity index (χ4v) is 3.23. The van der Waals surface area contributed by atoms with Crippen LogP contribution in [0.3, 0.4) is 0 Å². The average molecular weight is 391 g/mol. The van der Waals surface area contributed by atoms with E-state index in [9.17, 15) is 9.90 Å². The molecule has 1 heterocycles. The number of methoxy groups -OCH3 is 1. The van der Waals surface area contributed by atoms with Gasteiger partial charge >= 0.3 is 0 Å². The van der Waals surface area contributed by atoms with E-state index in [1.165, 1.54) is 30.7 Å². The van der Waals surface area contributed by atoms with Gasteiger partial charge in [0.15, 0.2) is 16.6 Å². The van der Waals surface area contributed by atoms with E-state index in [0.29, 0.717) is 10.7 Å². The minimum Gasteiger partial charge on any atom is -0.503 e. The third-order valence-electron chi connectivity index (χ3n) is 3.37. The third-order valence-corrected chi connectivity index (χ3v) is 4.65. The number of nitrogens with zero attached hydrogens (tertiary/aromatic N) is 2. The van der Waals surface area contributed by atoms with Crippen molar-refractivity contribution in [3.8, 4) is 11.5 Å². The molecule has 3 rings (SSSR count). The van der Waals surface area contributed by atoms with E-state index in [0.717, 1.165) is 10.2 Å². The van der Waals surface area contributed by atoms with Crippen LogP contribution >= 0.6 is 22.9 Å². The fraction of sp³-hybridized carbons (Fsp3) is 0.118. The molecule has 2 aromatic carbocycles. The lowest BCUT2D eigenvalue weighted by atomic mass is 10.2. The first-order valence-electron chi connectivity index (χ1n) is 7.54. The van der Waals surface area contributed by atoms with Gasteiger partial charge in [0.05, 0.1) is 35.1 Å². The van der Waals surface area contributed by atoms with Crippen LogP contribution in [0.15, 0.2) is 41.5 Å². The van der Waals surface area contributed by atoms with Crippen molar-refractivity contribution in [1.29, 1.82) is 0 Å². The standard InChI is InChI=1S/C17H15ClN4O3S/c1-25-13-7-10(6-11(18)16(13)24)8-20-22-15(23)9-19-17-21-12-4-2-3-5-14(12)26-17/h2-8,24H,9H2,1H3,(H,19,21)(H,22,23)/b20-8+. The zero-order chi connectivity index (χ0) is 18.5. The number of phenolic OH excluding ortho intramolecular Hbond substituents is 1. The van der Waals surface area contributed by atoms with Gasteiger partial charge in [-0.05, 0) is 29.8 Å². The monoisotopic (exact) mass is 390 g/mol. The topological polar surface area (TPSA) is 95.8 Å². The molecule has 0 saturated carbocycles. The largest absolute Gasteiger partial charge is 0.503 e. The van der Waals surface area contributed by atoms with Crippen LogP contribution in [-0.2, 0) is 4.79 Å². The molecule has 0 aliphatic rings. The maximum absolute atomic E-state index is 11.9. The number of thiazole rings is 1. The van der Waals surface area contributed by atoms with Crippen LogP contribution < -0.4 is 15.5 Å². The van der Waals surface area contributed by atoms with E-state index < -0.39 is 0 Å². The molecule has 0 aliphatic carbocycles. The van der Waals surface area contributed by atoms with Gasteiger partial charge in [-0.1, -0.05) is 35.1 Å². The van der Waals surface area contributed by atoms with E-state index in [2.05, 4.69) is 20.8 Å². The fourth-order valence-electron chi connectivity index (χ4n) is 2.15. The summed E-state index contributed by atoms with van der Waals surface area (Å²) in [5.41, 5.74) is 3.86. The Morgan fingerprint density at radius 3 is 3.00 bits per heavy atom. The summed E-state index contributed by atoms with van der Waals surface area (Å²) in [6.07, 6.45) is 1.41. The Kier molecular flexibility index (Phi) is 5.55. The molecule has 26 heavy (non-hydrogen) atoms. The Bertz CT molecular complexity index is 941. The van der Waals surface area contributed by atoms with Crippen LogP contribution in [0.25, 0.3) is 10.2 Å². The van der Waals surface area contributed by atoms with Gasteiger partial charge in [0, 0.05) is 0 Å². The molecule has 1 amide bonds. The third kappa shape index (κ3) is 4.22. The second-order valence-electron chi connectivity index (χ2n) is 5.19. The van der Waals surface area contributed by atoms with Crippen molar-refractivity contribution in [3.63, 3.8) is 0 Å². The first-order valence-corrected chi connectivity index (χ1v) is 8.74. The number of phenols is 1. The molecule has 0 radical (unpaired) electrons. The Morgan fingerprint density at radius 2 is 2.23 bits per heavy atom. The minimum absolute atomic E-state index is 0.0385. The van der Waals surface area contributed by atoms with Crippen LogP contribution in [0.2, 0.25) is 5.02 Å². The number of amides is 1. The quantitative estimate of drug-likeness (QED) is 0.443. The average Bonchev–Trinajstić information content (AvgIpc) is 3.05. The SMILES string of the molecule is COc1cc(/C=N/NC(=O)CNc2nc3ccccc3s2)cc(Cl)c1O. The van der Waals surface area contributed by atoms with Gasteiger partial charge in [-0.3, -0.25) is 4.79 Å². The summed E-state index contributed by atoms with van der Waals surface area (Å²) < 4.78 is 6.05. The number of aromatic hydroxyl groups is 1. The number of carbonyl (C=O) groups excluding carboxylic acids is 1. The summed E-state index contributed by atoms with van der Waals surface area (Å²) in [4.78, 5) is 16.3. The number of aromatic nitrogens is 1. The number of rotatable bonds is 6. The number of hydrazone groups is 1. The molecule has 0 bridgehead atoms. The molecule has 3 N–H and O–H groups in total. The van der Waals surface area contributed by atoms with Crippen molar-refractivity contribution in [2.45, 2.75) is 0 Å². The van der Waals surface area contributed by atoms with Gasteiger partial charge in [0.1, 0.15) is 0 Å². The van der Waals surface area contributed by atoms with Crippen molar-refractivity contribution < 1.29 is 14.6 Å². The predicted octanol–water partition coefficient (Wildman–Crippen LogP) is 3.23. The normalized spacial score (nSPS) is 11.0. The number of nitrogens with one attached hydrogen (secondary N) is 2. The molecule has 0 unspecified atom stereocenters. The summed E-state index contributed by atoms with van der Waals surface area (Å²) >= 11 is 7.37.